The lowest BCUT2D eigenvalue weighted by molar-refractivity contribution is -0.190. The van der Waals surface area contributed by atoms with E-state index in [1.165, 1.54) is 6.08 Å². The van der Waals surface area contributed by atoms with E-state index >= 15 is 0 Å². The van der Waals surface area contributed by atoms with Crippen LogP contribution in [-0.4, -0.2) is 218 Å². The summed E-state index contributed by atoms with van der Waals surface area (Å²) in [5, 5.41) is 0. The molecule has 7 aliphatic rings. The summed E-state index contributed by atoms with van der Waals surface area (Å²) in [5.74, 6) is 9.67. The Morgan fingerprint density at radius 3 is 1.15 bits per heavy atom. The minimum atomic E-state index is -4.59. The fourth-order valence-corrected chi connectivity index (χ4v) is 8.94. The topological polar surface area (TPSA) is 433 Å². The molecule has 0 aromatic carbocycles. The molecule has 7 aliphatic heterocycles. The molecule has 0 radical (unpaired) electrons. The number of terminal acetylenes is 2. The maximum absolute atomic E-state index is 11.6. The molecule has 46 heteroatoms. The quantitative estimate of drug-likeness (QED) is 0.0523. The summed E-state index contributed by atoms with van der Waals surface area (Å²) < 4.78 is 214. The maximum atomic E-state index is 11.6. The van der Waals surface area contributed by atoms with Crippen molar-refractivity contribution in [3.05, 3.63) is 12.7 Å². The smallest absolute Gasteiger partial charge is 0.422 e. The summed E-state index contributed by atoms with van der Waals surface area (Å²) in [5.41, 5.74) is -0.996. The van der Waals surface area contributed by atoms with Gasteiger partial charge in [-0.3, -0.25) is 58.6 Å². The number of hydrogen-bond donors (Lipinski definition) is 0. The van der Waals surface area contributed by atoms with Crippen LogP contribution in [-0.2, 0) is 205 Å². The van der Waals surface area contributed by atoms with Gasteiger partial charge >= 0.3 is 127 Å². The zero-order valence-electron chi connectivity index (χ0n) is 47.4. The molecule has 0 N–H and O–H groups in total. The van der Waals surface area contributed by atoms with E-state index in [0.717, 1.165) is 0 Å². The van der Waals surface area contributed by atoms with Gasteiger partial charge in [0.25, 0.3) is 0 Å². The standard InChI is InChI=1S/2C8H10O5S.C7H8O5S.C6H8O5S.C6H6O5S.C5H5F3O5S.C5H7FO5S/c1-4-8(2,3)12-7(9)6-5-11-14(10)13-6;1-3-4-6(2)12-8(9)7-5-11-14(10)13-7;1-2-3-4-10-7(8)6-5-11-13(9)12-6;2*1-2-3-9-6(7)5-4-10-12(8)11-5;6-5(7,8)2-11-4(9)3-1-12-14(10)13-3;6-1-2-9-5(7)4-3-10-12(8)11-4/h1,6H,5H2,2-3H3;6-7H,5H2,1-2H3;6H,4-5H2,1H3;2,5H,1,3-4H2;1,5H,3-4H2;3H,1-2H2;4H,1-3H2. The zero-order chi connectivity index (χ0) is 68.7. The van der Waals surface area contributed by atoms with Crippen LogP contribution in [0.25, 0.3) is 0 Å². The molecule has 7 heterocycles. The van der Waals surface area contributed by atoms with E-state index in [2.05, 4.69) is 124 Å². The van der Waals surface area contributed by atoms with Crippen LogP contribution in [0.1, 0.15) is 34.6 Å². The van der Waals surface area contributed by atoms with Crippen LogP contribution in [0.4, 0.5) is 17.6 Å². The predicted molar refractivity (Wildman–Crippen MR) is 290 cm³/mol. The van der Waals surface area contributed by atoms with Crippen LogP contribution in [0.15, 0.2) is 12.7 Å². The molecule has 514 valence electrons. The van der Waals surface area contributed by atoms with Crippen molar-refractivity contribution >= 4 is 121 Å². The molecule has 7 rings (SSSR count). The second kappa shape index (κ2) is 45.7. The Morgan fingerprint density at radius 2 is 0.857 bits per heavy atom. The van der Waals surface area contributed by atoms with Gasteiger partial charge in [-0.25, -0.2) is 38.0 Å². The van der Waals surface area contributed by atoms with Crippen molar-refractivity contribution in [2.24, 2.45) is 0 Å². The molecule has 0 aliphatic carbocycles. The Bertz CT molecular complexity index is 2840. The molecule has 0 spiro atoms. The Kier molecular flexibility index (Phi) is 41.9. The van der Waals surface area contributed by atoms with Gasteiger partial charge in [0, 0.05) is 0 Å². The summed E-state index contributed by atoms with van der Waals surface area (Å²) in [6.45, 7) is 7.95. The highest BCUT2D eigenvalue weighted by atomic mass is 32.2. The summed E-state index contributed by atoms with van der Waals surface area (Å²) in [6.07, 6.45) is -0.559. The molecular weight excluding hydrogens is 1400 g/mol. The van der Waals surface area contributed by atoms with E-state index in [1.807, 2.05) is 0 Å². The van der Waals surface area contributed by atoms with E-state index in [4.69, 9.17) is 22.3 Å². The number of carbonyl (C=O) groups is 7. The molecule has 0 aromatic heterocycles. The number of ether oxygens (including phenoxy) is 7. The first kappa shape index (κ1) is 83.5. The summed E-state index contributed by atoms with van der Waals surface area (Å²) >= 11 is -13.1. The van der Waals surface area contributed by atoms with Gasteiger partial charge in [0.05, 0.1) is 0 Å². The Balaban J connectivity index is 0.000000531. The number of esters is 7. The van der Waals surface area contributed by atoms with Crippen LogP contribution in [0, 0.1) is 48.4 Å². The van der Waals surface area contributed by atoms with Gasteiger partial charge in [-0.05, 0) is 34.6 Å². The monoisotopic (exact) mass is 1450 g/mol. The first-order chi connectivity index (χ1) is 42.9. The Labute approximate surface area is 533 Å². The van der Waals surface area contributed by atoms with Crippen molar-refractivity contribution in [2.45, 2.75) is 95.2 Å². The van der Waals surface area contributed by atoms with Crippen molar-refractivity contribution in [1.29, 1.82) is 0 Å². The molecule has 35 nitrogen and oxygen atoms in total. The molecule has 7 saturated heterocycles. The third kappa shape index (κ3) is 37.7. The van der Waals surface area contributed by atoms with E-state index < -0.39 is 195 Å². The van der Waals surface area contributed by atoms with Gasteiger partial charge in [0.15, 0.2) is 74.3 Å². The molecule has 0 saturated carbocycles. The molecule has 15 atom stereocenters. The largest absolute Gasteiger partial charge is 0.461 e. The van der Waals surface area contributed by atoms with Gasteiger partial charge in [-0.1, -0.05) is 36.3 Å². The number of alkyl halides is 4. The second-order valence-corrected chi connectivity index (χ2v) is 21.8. The maximum Gasteiger partial charge on any atom is 0.422 e. The molecule has 7 fully saturated rings. The normalized spacial score (nSPS) is 27.6. The van der Waals surface area contributed by atoms with Gasteiger partial charge in [-0.15, -0.1) is 24.7 Å². The summed E-state index contributed by atoms with van der Waals surface area (Å²) in [7, 11) is 0. The molecule has 15 unspecified atom stereocenters. The van der Waals surface area contributed by atoms with Crippen LogP contribution in [0.3, 0.4) is 0 Å². The predicted octanol–water partition coefficient (Wildman–Crippen LogP) is -2.14. The molecular formula is C45H54F4O35S7. The van der Waals surface area contributed by atoms with Gasteiger partial charge in [0.1, 0.15) is 66.1 Å². The zero-order valence-corrected chi connectivity index (χ0v) is 53.1. The third-order valence-electron chi connectivity index (χ3n) is 8.56. The second-order valence-electron chi connectivity index (χ2n) is 15.9. The van der Waals surface area contributed by atoms with Gasteiger partial charge < -0.3 is 33.2 Å². The first-order valence-electron chi connectivity index (χ1n) is 24.2. The van der Waals surface area contributed by atoms with E-state index in [-0.39, 0.29) is 72.7 Å². The van der Waals surface area contributed by atoms with Crippen molar-refractivity contribution in [1.82, 2.24) is 0 Å². The van der Waals surface area contributed by atoms with Crippen molar-refractivity contribution in [3.8, 4) is 48.4 Å². The number of hydrogen-bond acceptors (Lipinski definition) is 35. The van der Waals surface area contributed by atoms with Crippen molar-refractivity contribution < 1.29 is 172 Å². The summed E-state index contributed by atoms with van der Waals surface area (Å²) in [6, 6.07) is 0. The lowest BCUT2D eigenvalue weighted by atomic mass is 10.1. The minimum absolute atomic E-state index is 0.0157. The molecule has 91 heavy (non-hydrogen) atoms. The van der Waals surface area contributed by atoms with Gasteiger partial charge in [0.2, 0.25) is 0 Å². The average Bonchev–Trinajstić information content (AvgIpc) is 4.58. The highest BCUT2D eigenvalue weighted by Gasteiger charge is 2.38. The first-order valence-corrected chi connectivity index (χ1v) is 31.2. The molecule has 0 bridgehead atoms. The van der Waals surface area contributed by atoms with E-state index in [0.29, 0.717) is 0 Å². The van der Waals surface area contributed by atoms with Crippen LogP contribution in [0.2, 0.25) is 0 Å². The summed E-state index contributed by atoms with van der Waals surface area (Å²) in [4.78, 5) is 77.0. The average molecular weight is 1460 g/mol. The van der Waals surface area contributed by atoms with Crippen molar-refractivity contribution in [3.63, 3.8) is 0 Å². The minimum Gasteiger partial charge on any atom is -0.461 e. The molecule has 0 amide bonds. The van der Waals surface area contributed by atoms with Gasteiger partial charge in [-0.2, -0.15) is 42.6 Å². The Morgan fingerprint density at radius 1 is 0.527 bits per heavy atom. The number of carbonyl (C=O) groups excluding carboxylic acids is 7. The highest BCUT2D eigenvalue weighted by molar-refractivity contribution is 7.76. The fraction of sp³-hybridized carbons (Fsp3) is 0.622. The number of halogens is 4. The highest BCUT2D eigenvalue weighted by Crippen LogP contribution is 2.19. The van der Waals surface area contributed by atoms with Crippen LogP contribution in [0.5, 0.6) is 0 Å². The number of rotatable bonds is 16. The third-order valence-corrected chi connectivity index (χ3v) is 13.6. The van der Waals surface area contributed by atoms with Crippen molar-refractivity contribution in [2.75, 3.05) is 86.0 Å². The SMILES string of the molecule is C#CC(C)(C)OC(=O)C1COS(=O)O1.C#CCOC(=O)C1COS(=O)O1.C=CCOC(=O)C1COS(=O)O1.CC#CC(C)OC(=O)C1COS(=O)O1.CC#CCOC(=O)C1COS(=O)O1.O=C(OCC(F)(F)F)C1COS(=O)O1.O=C(OCCF)C1COS(=O)O1. The lowest BCUT2D eigenvalue weighted by Crippen LogP contribution is -2.34. The Hall–Kier alpha value is -5.52. The van der Waals surface area contributed by atoms with E-state index in [1.54, 1.807) is 34.6 Å². The van der Waals surface area contributed by atoms with E-state index in [9.17, 15) is 80.6 Å². The fourth-order valence-electron chi connectivity index (χ4n) is 4.65. The van der Waals surface area contributed by atoms with Crippen LogP contribution >= 0.6 is 0 Å². The molecule has 0 aromatic rings. The van der Waals surface area contributed by atoms with Crippen LogP contribution < -0.4 is 0 Å². The lowest BCUT2D eigenvalue weighted by Gasteiger charge is -2.19.